The lowest BCUT2D eigenvalue weighted by molar-refractivity contribution is 0.698. The van der Waals surface area contributed by atoms with Crippen LogP contribution in [-0.2, 0) is 0 Å². The topological polar surface area (TPSA) is 0 Å². The summed E-state index contributed by atoms with van der Waals surface area (Å²) < 4.78 is 0. The minimum absolute atomic E-state index is 0.737. The van der Waals surface area contributed by atoms with E-state index >= 15 is 0 Å². The van der Waals surface area contributed by atoms with Crippen LogP contribution in [0.15, 0.2) is 0 Å². The first-order valence-corrected chi connectivity index (χ1v) is 10.6. The van der Waals surface area contributed by atoms with Crippen molar-refractivity contribution in [1.82, 2.24) is 0 Å². The minimum atomic E-state index is -0.737. The Morgan fingerprint density at radius 3 is 2.10 bits per heavy atom. The second-order valence-electron chi connectivity index (χ2n) is 3.53. The van der Waals surface area contributed by atoms with Gasteiger partial charge >= 0.3 is 0 Å². The number of hydrogen-bond donors (Lipinski definition) is 0. The molecule has 0 atom stereocenters. The van der Waals surface area contributed by atoms with E-state index in [0.29, 0.717) is 0 Å². The predicted octanol–water partition coefficient (Wildman–Crippen LogP) is 4.21. The molecule has 0 amide bonds. The summed E-state index contributed by atoms with van der Waals surface area (Å²) >= 11 is 2.67. The molecule has 0 saturated heterocycles. The Hall–Kier alpha value is 0.947. The SMILES string of the molecule is CCCCCC[Si](C)(C)I. The van der Waals surface area contributed by atoms with Gasteiger partial charge in [0.05, 0.1) is 0 Å². The second kappa shape index (κ2) is 5.58. The first-order valence-electron chi connectivity index (χ1n) is 4.25. The number of unbranched alkanes of at least 4 members (excludes halogenated alkanes) is 3. The molecule has 0 aromatic rings. The standard InChI is InChI=1S/C8H19ISi/c1-4-5-6-7-8-10(2,3)9/h4-8H2,1-3H3. The molecule has 0 unspecified atom stereocenters. The van der Waals surface area contributed by atoms with Gasteiger partial charge in [-0.25, -0.2) is 0 Å². The Labute approximate surface area is 79.0 Å². The van der Waals surface area contributed by atoms with Crippen molar-refractivity contribution in [3.8, 4) is 0 Å². The summed E-state index contributed by atoms with van der Waals surface area (Å²) in [6.07, 6.45) is 5.72. The van der Waals surface area contributed by atoms with Gasteiger partial charge in [0.2, 0.25) is 0 Å². The first-order chi connectivity index (χ1) is 4.56. The summed E-state index contributed by atoms with van der Waals surface area (Å²) in [5.41, 5.74) is -0.737. The third-order valence-electron chi connectivity index (χ3n) is 1.62. The van der Waals surface area contributed by atoms with Crippen LogP contribution in [0.3, 0.4) is 0 Å². The van der Waals surface area contributed by atoms with Crippen LogP contribution >= 0.6 is 21.8 Å². The fourth-order valence-electron chi connectivity index (χ4n) is 0.972. The smallest absolute Gasteiger partial charge is 0.119 e. The van der Waals surface area contributed by atoms with Crippen LogP contribution < -0.4 is 0 Å². The van der Waals surface area contributed by atoms with E-state index < -0.39 is 5.57 Å². The van der Waals surface area contributed by atoms with Crippen LogP contribution in [0, 0.1) is 0 Å². The first kappa shape index (κ1) is 10.9. The van der Waals surface area contributed by atoms with E-state index in [2.05, 4.69) is 41.8 Å². The molecule has 0 aromatic carbocycles. The zero-order valence-corrected chi connectivity index (χ0v) is 10.6. The molecule has 0 rings (SSSR count). The van der Waals surface area contributed by atoms with Gasteiger partial charge < -0.3 is 0 Å². The predicted molar refractivity (Wildman–Crippen MR) is 60.5 cm³/mol. The Bertz CT molecular complexity index is 75.8. The van der Waals surface area contributed by atoms with Crippen molar-refractivity contribution in [2.24, 2.45) is 0 Å². The highest BCUT2D eigenvalue weighted by Crippen LogP contribution is 2.21. The zero-order valence-electron chi connectivity index (χ0n) is 7.41. The van der Waals surface area contributed by atoms with Gasteiger partial charge in [-0.15, -0.1) is 21.8 Å². The molecule has 62 valence electrons. The van der Waals surface area contributed by atoms with Gasteiger partial charge in [-0.2, -0.15) is 0 Å². The maximum absolute atomic E-state index is 2.67. The van der Waals surface area contributed by atoms with Gasteiger partial charge in [0.15, 0.2) is 0 Å². The molecule has 0 radical (unpaired) electrons. The van der Waals surface area contributed by atoms with E-state index in [1.165, 1.54) is 31.7 Å². The van der Waals surface area contributed by atoms with Crippen LogP contribution in [0.4, 0.5) is 0 Å². The van der Waals surface area contributed by atoms with Crippen LogP contribution in [0.2, 0.25) is 19.1 Å². The Kier molecular flexibility index (Phi) is 6.11. The van der Waals surface area contributed by atoms with Crippen molar-refractivity contribution in [1.29, 1.82) is 0 Å². The van der Waals surface area contributed by atoms with Crippen LogP contribution in [0.1, 0.15) is 32.6 Å². The van der Waals surface area contributed by atoms with Crippen molar-refractivity contribution in [2.45, 2.75) is 51.7 Å². The number of halogens is 1. The van der Waals surface area contributed by atoms with Gasteiger partial charge in [-0.05, 0) is 6.04 Å². The molecular formula is C8H19ISi. The molecule has 0 nitrogen and oxygen atoms in total. The normalized spacial score (nSPS) is 12.0. The molecule has 0 aliphatic heterocycles. The van der Waals surface area contributed by atoms with Gasteiger partial charge in [0, 0.05) is 0 Å². The molecule has 0 fully saturated rings. The number of rotatable bonds is 5. The third kappa shape index (κ3) is 8.95. The average Bonchev–Trinajstić information content (AvgIpc) is 1.78. The average molecular weight is 270 g/mol. The molecule has 2 heteroatoms. The molecule has 0 saturated carbocycles. The summed E-state index contributed by atoms with van der Waals surface area (Å²) in [7, 11) is 0. The van der Waals surface area contributed by atoms with Crippen molar-refractivity contribution in [3.63, 3.8) is 0 Å². The minimum Gasteiger partial charge on any atom is -0.119 e. The molecular weight excluding hydrogens is 251 g/mol. The largest absolute Gasteiger partial charge is 0.119 e. The second-order valence-corrected chi connectivity index (χ2v) is 16.2. The summed E-state index contributed by atoms with van der Waals surface area (Å²) in [6.45, 7) is 7.16. The quantitative estimate of drug-likeness (QED) is 0.304. The summed E-state index contributed by atoms with van der Waals surface area (Å²) in [5, 5.41) is 0. The molecule has 0 spiro atoms. The highest BCUT2D eigenvalue weighted by atomic mass is 127. The van der Waals surface area contributed by atoms with Crippen molar-refractivity contribution >= 4 is 27.4 Å². The molecule has 10 heavy (non-hydrogen) atoms. The van der Waals surface area contributed by atoms with Crippen LogP contribution in [0.25, 0.3) is 0 Å². The monoisotopic (exact) mass is 270 g/mol. The van der Waals surface area contributed by atoms with Crippen molar-refractivity contribution in [2.75, 3.05) is 0 Å². The maximum atomic E-state index is 2.67. The lowest BCUT2D eigenvalue weighted by Crippen LogP contribution is -2.13. The maximum Gasteiger partial charge on any atom is 0.119 e. The fourth-order valence-corrected chi connectivity index (χ4v) is 3.21. The van der Waals surface area contributed by atoms with E-state index in [9.17, 15) is 0 Å². The third-order valence-corrected chi connectivity index (χ3v) is 4.79. The molecule has 0 aliphatic rings. The molecule has 0 aromatic heterocycles. The van der Waals surface area contributed by atoms with Crippen LogP contribution in [-0.4, -0.2) is 5.57 Å². The lowest BCUT2D eigenvalue weighted by Gasteiger charge is -2.11. The Morgan fingerprint density at radius 1 is 1.10 bits per heavy atom. The van der Waals surface area contributed by atoms with E-state index in [0.717, 1.165) is 0 Å². The van der Waals surface area contributed by atoms with E-state index in [1.54, 1.807) is 0 Å². The van der Waals surface area contributed by atoms with Gasteiger partial charge in [-0.1, -0.05) is 45.7 Å². The van der Waals surface area contributed by atoms with E-state index in [4.69, 9.17) is 0 Å². The van der Waals surface area contributed by atoms with Gasteiger partial charge in [-0.3, -0.25) is 0 Å². The highest BCUT2D eigenvalue weighted by Gasteiger charge is 2.13. The molecule has 0 N–H and O–H groups in total. The number of hydrogen-bond acceptors (Lipinski definition) is 0. The Morgan fingerprint density at radius 2 is 1.70 bits per heavy atom. The van der Waals surface area contributed by atoms with Crippen LogP contribution in [0.5, 0.6) is 0 Å². The summed E-state index contributed by atoms with van der Waals surface area (Å²) in [6, 6.07) is 1.51. The lowest BCUT2D eigenvalue weighted by atomic mass is 10.2. The van der Waals surface area contributed by atoms with Gasteiger partial charge in [0.25, 0.3) is 0 Å². The van der Waals surface area contributed by atoms with E-state index in [-0.39, 0.29) is 0 Å². The molecule has 0 bridgehead atoms. The van der Waals surface area contributed by atoms with Gasteiger partial charge in [0.1, 0.15) is 5.57 Å². The fraction of sp³-hybridized carbons (Fsp3) is 1.00. The molecule has 0 aliphatic carbocycles. The van der Waals surface area contributed by atoms with Crippen molar-refractivity contribution < 1.29 is 0 Å². The molecule has 0 heterocycles. The summed E-state index contributed by atoms with van der Waals surface area (Å²) in [4.78, 5) is 0. The highest BCUT2D eigenvalue weighted by molar-refractivity contribution is 14.1. The Balaban J connectivity index is 3.04. The van der Waals surface area contributed by atoms with E-state index in [1.807, 2.05) is 0 Å². The summed E-state index contributed by atoms with van der Waals surface area (Å²) in [5.74, 6) is 0. The zero-order chi connectivity index (χ0) is 8.04. The van der Waals surface area contributed by atoms with Crippen molar-refractivity contribution in [3.05, 3.63) is 0 Å².